The van der Waals surface area contributed by atoms with Crippen LogP contribution in [-0.2, 0) is 9.59 Å². The Kier molecular flexibility index (Phi) is 6.53. The van der Waals surface area contributed by atoms with Crippen LogP contribution in [0.15, 0.2) is 48.5 Å². The molecule has 1 aliphatic rings. The predicted octanol–water partition coefficient (Wildman–Crippen LogP) is 3.68. The summed E-state index contributed by atoms with van der Waals surface area (Å²) in [7, 11) is 0. The summed E-state index contributed by atoms with van der Waals surface area (Å²) in [5, 5.41) is 2.84. The quantitative estimate of drug-likeness (QED) is 0.795. The number of hydrogen-bond acceptors (Lipinski definition) is 4. The van der Waals surface area contributed by atoms with Crippen LogP contribution in [0.4, 0.5) is 17.1 Å². The summed E-state index contributed by atoms with van der Waals surface area (Å²) in [6.45, 7) is 5.95. The zero-order valence-corrected chi connectivity index (χ0v) is 16.5. The maximum absolute atomic E-state index is 12.6. The van der Waals surface area contributed by atoms with E-state index in [2.05, 4.69) is 10.2 Å². The Balaban J connectivity index is 1.69. The lowest BCUT2D eigenvalue weighted by molar-refractivity contribution is -0.120. The lowest BCUT2D eigenvalue weighted by Gasteiger charge is -2.23. The van der Waals surface area contributed by atoms with Crippen LogP contribution in [-0.4, -0.2) is 38.1 Å². The number of benzene rings is 2. The summed E-state index contributed by atoms with van der Waals surface area (Å²) < 4.78 is 5.54. The van der Waals surface area contributed by atoms with Gasteiger partial charge in [0.2, 0.25) is 11.8 Å². The molecule has 1 fully saturated rings. The summed E-state index contributed by atoms with van der Waals surface area (Å²) in [5.74, 6) is 0.163. The molecule has 0 atom stereocenters. The van der Waals surface area contributed by atoms with E-state index in [0.29, 0.717) is 23.7 Å². The van der Waals surface area contributed by atoms with Crippen molar-refractivity contribution in [3.8, 4) is 5.75 Å². The topological polar surface area (TPSA) is 61.9 Å². The first-order valence-electron chi connectivity index (χ1n) is 9.73. The Labute approximate surface area is 166 Å². The van der Waals surface area contributed by atoms with Crippen LogP contribution in [0.1, 0.15) is 26.7 Å². The second-order valence-electron chi connectivity index (χ2n) is 6.79. The summed E-state index contributed by atoms with van der Waals surface area (Å²) >= 11 is 0. The van der Waals surface area contributed by atoms with E-state index in [0.717, 1.165) is 18.8 Å². The number of ether oxygens (including phenoxy) is 1. The minimum Gasteiger partial charge on any atom is -0.492 e. The van der Waals surface area contributed by atoms with Gasteiger partial charge in [-0.1, -0.05) is 12.1 Å². The van der Waals surface area contributed by atoms with Gasteiger partial charge in [0, 0.05) is 31.4 Å². The maximum atomic E-state index is 12.6. The van der Waals surface area contributed by atoms with Gasteiger partial charge < -0.3 is 19.9 Å². The first kappa shape index (κ1) is 19.7. The molecule has 1 N–H and O–H groups in total. The van der Waals surface area contributed by atoms with Crippen LogP contribution in [0.2, 0.25) is 0 Å². The Morgan fingerprint density at radius 1 is 1.07 bits per heavy atom. The molecule has 2 aromatic rings. The van der Waals surface area contributed by atoms with Crippen molar-refractivity contribution in [3.63, 3.8) is 0 Å². The van der Waals surface area contributed by atoms with Crippen molar-refractivity contribution in [2.75, 3.05) is 41.4 Å². The standard InChI is InChI=1S/C22H27N3O3/c1-3-28-21-9-5-4-8-20(21)23-22(27)16-25(17(2)26)19-12-10-18(11-13-19)24-14-6-7-15-24/h4-5,8-13H,3,6-7,14-16H2,1-2H3,(H,23,27). The van der Waals surface area contributed by atoms with Gasteiger partial charge in [0.05, 0.1) is 12.3 Å². The van der Waals surface area contributed by atoms with Crippen LogP contribution in [0.25, 0.3) is 0 Å². The third kappa shape index (κ3) is 4.82. The number of nitrogens with one attached hydrogen (secondary N) is 1. The van der Waals surface area contributed by atoms with Gasteiger partial charge in [-0.2, -0.15) is 0 Å². The second kappa shape index (κ2) is 9.26. The molecule has 1 heterocycles. The van der Waals surface area contributed by atoms with E-state index in [-0.39, 0.29) is 18.4 Å². The van der Waals surface area contributed by atoms with Gasteiger partial charge >= 0.3 is 0 Å². The van der Waals surface area contributed by atoms with Crippen LogP contribution in [0.5, 0.6) is 5.75 Å². The molecule has 0 spiro atoms. The first-order valence-corrected chi connectivity index (χ1v) is 9.73. The van der Waals surface area contributed by atoms with Gasteiger partial charge in [0.15, 0.2) is 0 Å². The third-order valence-electron chi connectivity index (χ3n) is 4.78. The van der Waals surface area contributed by atoms with Crippen LogP contribution < -0.4 is 19.9 Å². The molecule has 0 aromatic heterocycles. The van der Waals surface area contributed by atoms with E-state index in [1.807, 2.05) is 43.3 Å². The van der Waals surface area contributed by atoms with E-state index >= 15 is 0 Å². The molecule has 6 nitrogen and oxygen atoms in total. The monoisotopic (exact) mass is 381 g/mol. The van der Waals surface area contributed by atoms with E-state index in [9.17, 15) is 9.59 Å². The summed E-state index contributed by atoms with van der Waals surface area (Å²) in [6, 6.07) is 15.1. The van der Waals surface area contributed by atoms with Crippen molar-refractivity contribution in [3.05, 3.63) is 48.5 Å². The summed E-state index contributed by atoms with van der Waals surface area (Å²) in [5.41, 5.74) is 2.46. The number of rotatable bonds is 7. The zero-order valence-electron chi connectivity index (χ0n) is 16.5. The number of anilines is 3. The number of nitrogens with zero attached hydrogens (tertiary/aromatic N) is 2. The average Bonchev–Trinajstić information content (AvgIpc) is 3.23. The van der Waals surface area contributed by atoms with Gasteiger partial charge in [-0.15, -0.1) is 0 Å². The molecule has 1 aliphatic heterocycles. The summed E-state index contributed by atoms with van der Waals surface area (Å²) in [6.07, 6.45) is 2.43. The Bertz CT molecular complexity index is 814. The van der Waals surface area contributed by atoms with Crippen LogP contribution >= 0.6 is 0 Å². The Morgan fingerprint density at radius 2 is 1.75 bits per heavy atom. The summed E-state index contributed by atoms with van der Waals surface area (Å²) in [4.78, 5) is 28.5. The minimum atomic E-state index is -0.272. The molecule has 0 aliphatic carbocycles. The number of carbonyl (C=O) groups excluding carboxylic acids is 2. The third-order valence-corrected chi connectivity index (χ3v) is 4.78. The highest BCUT2D eigenvalue weighted by Gasteiger charge is 2.18. The van der Waals surface area contributed by atoms with Crippen molar-refractivity contribution < 1.29 is 14.3 Å². The Hall–Kier alpha value is -3.02. The van der Waals surface area contributed by atoms with Gasteiger partial charge in [0.1, 0.15) is 12.3 Å². The van der Waals surface area contributed by atoms with Crippen molar-refractivity contribution in [1.82, 2.24) is 0 Å². The molecule has 0 radical (unpaired) electrons. The van der Waals surface area contributed by atoms with Crippen LogP contribution in [0, 0.1) is 0 Å². The normalized spacial score (nSPS) is 13.3. The fraction of sp³-hybridized carbons (Fsp3) is 0.364. The van der Waals surface area contributed by atoms with E-state index < -0.39 is 0 Å². The van der Waals surface area contributed by atoms with Gasteiger partial charge in [-0.05, 0) is 56.2 Å². The molecule has 2 aromatic carbocycles. The number of carbonyl (C=O) groups is 2. The van der Waals surface area contributed by atoms with Crippen molar-refractivity contribution in [2.45, 2.75) is 26.7 Å². The Morgan fingerprint density at radius 3 is 2.39 bits per heavy atom. The van der Waals surface area contributed by atoms with Crippen molar-refractivity contribution in [1.29, 1.82) is 0 Å². The van der Waals surface area contributed by atoms with Crippen molar-refractivity contribution in [2.24, 2.45) is 0 Å². The van der Waals surface area contributed by atoms with Gasteiger partial charge in [0.25, 0.3) is 0 Å². The van der Waals surface area contributed by atoms with E-state index in [1.165, 1.54) is 24.7 Å². The highest BCUT2D eigenvalue weighted by atomic mass is 16.5. The number of hydrogen-bond donors (Lipinski definition) is 1. The van der Waals surface area contributed by atoms with E-state index in [1.54, 1.807) is 12.1 Å². The zero-order chi connectivity index (χ0) is 19.9. The molecule has 6 heteroatoms. The fourth-order valence-corrected chi connectivity index (χ4v) is 3.39. The molecule has 28 heavy (non-hydrogen) atoms. The van der Waals surface area contributed by atoms with Crippen molar-refractivity contribution >= 4 is 28.9 Å². The molecule has 0 unspecified atom stereocenters. The fourth-order valence-electron chi connectivity index (χ4n) is 3.39. The van der Waals surface area contributed by atoms with E-state index in [4.69, 9.17) is 4.74 Å². The predicted molar refractivity (Wildman–Crippen MR) is 112 cm³/mol. The molecule has 1 saturated heterocycles. The maximum Gasteiger partial charge on any atom is 0.244 e. The molecule has 2 amide bonds. The molecular formula is C22H27N3O3. The lowest BCUT2D eigenvalue weighted by Crippen LogP contribution is -2.36. The lowest BCUT2D eigenvalue weighted by atomic mass is 10.2. The highest BCUT2D eigenvalue weighted by molar-refractivity contribution is 6.02. The smallest absolute Gasteiger partial charge is 0.244 e. The minimum absolute atomic E-state index is 0.0567. The number of para-hydroxylation sites is 2. The molecule has 0 bridgehead atoms. The second-order valence-corrected chi connectivity index (χ2v) is 6.79. The van der Waals surface area contributed by atoms with Crippen LogP contribution in [0.3, 0.4) is 0 Å². The average molecular weight is 381 g/mol. The SMILES string of the molecule is CCOc1ccccc1NC(=O)CN(C(C)=O)c1ccc(N2CCCC2)cc1. The number of amides is 2. The molecule has 148 valence electrons. The molecule has 0 saturated carbocycles. The van der Waals surface area contributed by atoms with Gasteiger partial charge in [-0.25, -0.2) is 0 Å². The molecule has 3 rings (SSSR count). The highest BCUT2D eigenvalue weighted by Crippen LogP contribution is 2.25. The first-order chi connectivity index (χ1) is 13.6. The largest absolute Gasteiger partial charge is 0.492 e. The van der Waals surface area contributed by atoms with Gasteiger partial charge in [-0.3, -0.25) is 9.59 Å². The molecular weight excluding hydrogens is 354 g/mol.